The van der Waals surface area contributed by atoms with Crippen LogP contribution in [0.1, 0.15) is 73.6 Å². The number of carbonyl (C=O) groups excluding carboxylic acids is 3. The van der Waals surface area contributed by atoms with E-state index in [0.29, 0.717) is 23.0 Å². The molecule has 2 aliphatic rings. The van der Waals surface area contributed by atoms with Crippen LogP contribution in [0.2, 0.25) is 0 Å². The molecule has 0 radical (unpaired) electrons. The van der Waals surface area contributed by atoms with E-state index in [-0.39, 0.29) is 29.4 Å². The first-order chi connectivity index (χ1) is 23.0. The highest BCUT2D eigenvalue weighted by molar-refractivity contribution is 6.45. The second-order valence-corrected chi connectivity index (χ2v) is 14.4. The molecule has 3 aromatic carbocycles. The lowest BCUT2D eigenvalue weighted by atomic mass is 9.85. The quantitative estimate of drug-likeness (QED) is 0.124. The number of Topliss-reactive ketones (excluding diaryl/α,β-unsaturated/α-hetero) is 1. The monoisotopic (exact) mass is 642 g/mol. The number of para-hydroxylation sites is 1. The number of piperidine rings is 1. The summed E-state index contributed by atoms with van der Waals surface area (Å²) in [6, 6.07) is 25.4. The SMILES string of the molecule is Cc1ccc(-n2nc(C(C)(C)C)cc2NC(=O)Nc2ccc(CC3CC4CCC(C3)N4C(=O)C(=O)c3c[nH]c4ccccc34)cc2)cc1. The third-order valence-electron chi connectivity index (χ3n) is 9.83. The van der Waals surface area contributed by atoms with Gasteiger partial charge in [-0.1, -0.05) is 68.8 Å². The molecule has 5 aromatic rings. The average molecular weight is 643 g/mol. The van der Waals surface area contributed by atoms with E-state index < -0.39 is 5.78 Å². The van der Waals surface area contributed by atoms with E-state index in [1.807, 2.05) is 78.6 Å². The molecular weight excluding hydrogens is 600 g/mol. The van der Waals surface area contributed by atoms with E-state index in [9.17, 15) is 14.4 Å². The Bertz CT molecular complexity index is 1970. The lowest BCUT2D eigenvalue weighted by Gasteiger charge is -2.38. The summed E-state index contributed by atoms with van der Waals surface area (Å²) in [4.78, 5) is 44.9. The summed E-state index contributed by atoms with van der Waals surface area (Å²) in [7, 11) is 0. The van der Waals surface area contributed by atoms with Gasteiger partial charge in [0.1, 0.15) is 5.82 Å². The molecule has 3 N–H and O–H groups in total. The van der Waals surface area contributed by atoms with Crippen LogP contribution in [0, 0.1) is 12.8 Å². The second kappa shape index (κ2) is 12.4. The normalized spacial score (nSPS) is 19.0. The van der Waals surface area contributed by atoms with Crippen LogP contribution in [0.4, 0.5) is 16.3 Å². The highest BCUT2D eigenvalue weighted by atomic mass is 16.2. The first-order valence-electron chi connectivity index (χ1n) is 16.8. The Morgan fingerprint density at radius 2 is 1.58 bits per heavy atom. The number of amides is 3. The van der Waals surface area contributed by atoms with Crippen LogP contribution in [0.15, 0.2) is 85.1 Å². The smallest absolute Gasteiger partial charge is 0.324 e. The zero-order chi connectivity index (χ0) is 33.6. The van der Waals surface area contributed by atoms with Crippen LogP contribution in [0.25, 0.3) is 16.6 Å². The van der Waals surface area contributed by atoms with E-state index in [1.54, 1.807) is 10.9 Å². The minimum atomic E-state index is -0.427. The van der Waals surface area contributed by atoms with Gasteiger partial charge in [-0.25, -0.2) is 9.48 Å². The van der Waals surface area contributed by atoms with Crippen LogP contribution >= 0.6 is 0 Å². The number of fused-ring (bicyclic) bond motifs is 3. The average Bonchev–Trinajstić information content (AvgIpc) is 3.76. The molecule has 0 aliphatic carbocycles. The summed E-state index contributed by atoms with van der Waals surface area (Å²) in [6.45, 7) is 8.33. The summed E-state index contributed by atoms with van der Waals surface area (Å²) in [5.41, 5.74) is 5.92. The number of aromatic nitrogens is 3. The van der Waals surface area contributed by atoms with E-state index in [1.165, 1.54) is 5.56 Å². The second-order valence-electron chi connectivity index (χ2n) is 14.4. The van der Waals surface area contributed by atoms with Crippen molar-refractivity contribution in [3.63, 3.8) is 0 Å². The fourth-order valence-electron chi connectivity index (χ4n) is 7.34. The van der Waals surface area contributed by atoms with Crippen LogP contribution in [0.5, 0.6) is 0 Å². The third-order valence-corrected chi connectivity index (χ3v) is 9.83. The number of benzene rings is 3. The molecule has 9 heteroatoms. The molecule has 2 unspecified atom stereocenters. The van der Waals surface area contributed by atoms with Gasteiger partial charge in [-0.2, -0.15) is 5.10 Å². The van der Waals surface area contributed by atoms with Gasteiger partial charge in [0.25, 0.3) is 11.7 Å². The summed E-state index contributed by atoms with van der Waals surface area (Å²) < 4.78 is 1.77. The van der Waals surface area contributed by atoms with Crippen molar-refractivity contribution in [2.24, 2.45) is 5.92 Å². The molecule has 246 valence electrons. The van der Waals surface area contributed by atoms with Crippen molar-refractivity contribution in [1.29, 1.82) is 0 Å². The maximum atomic E-state index is 13.5. The molecule has 2 aliphatic heterocycles. The van der Waals surface area contributed by atoms with E-state index in [4.69, 9.17) is 5.10 Å². The Hall–Kier alpha value is -5.18. The molecular formula is C39H42N6O3. The maximum absolute atomic E-state index is 13.5. The zero-order valence-electron chi connectivity index (χ0n) is 27.9. The molecule has 2 saturated heterocycles. The molecule has 48 heavy (non-hydrogen) atoms. The number of urea groups is 1. The Labute approximate surface area is 280 Å². The van der Waals surface area contributed by atoms with Gasteiger partial charge in [0.2, 0.25) is 0 Å². The summed E-state index contributed by atoms with van der Waals surface area (Å²) in [6.07, 6.45) is 6.19. The number of nitrogens with one attached hydrogen (secondary N) is 3. The fourth-order valence-corrected chi connectivity index (χ4v) is 7.34. The Morgan fingerprint density at radius 3 is 2.27 bits per heavy atom. The number of hydrogen-bond donors (Lipinski definition) is 3. The van der Waals surface area contributed by atoms with Crippen molar-refractivity contribution in [2.45, 2.75) is 77.3 Å². The minimum absolute atomic E-state index is 0.0900. The Balaban J connectivity index is 0.966. The zero-order valence-corrected chi connectivity index (χ0v) is 27.9. The standard InChI is InChI=1S/C39H42N6O3/c1-24-9-15-28(16-10-24)45-35(22-34(43-45)39(2,3)4)42-38(48)41-27-13-11-25(12-14-27)19-26-20-29-17-18-30(21-26)44(29)37(47)36(46)32-23-40-33-8-6-5-7-31(32)33/h5-16,22-23,26,29-30,40H,17-21H2,1-4H3,(H2,41,42,48). The van der Waals surface area contributed by atoms with Crippen molar-refractivity contribution >= 4 is 40.1 Å². The van der Waals surface area contributed by atoms with E-state index in [0.717, 1.165) is 60.0 Å². The molecule has 0 saturated carbocycles. The maximum Gasteiger partial charge on any atom is 0.324 e. The van der Waals surface area contributed by atoms with Crippen LogP contribution < -0.4 is 10.6 Å². The summed E-state index contributed by atoms with van der Waals surface area (Å²) >= 11 is 0. The molecule has 3 amide bonds. The number of ketones is 1. The summed E-state index contributed by atoms with van der Waals surface area (Å²) in [5.74, 6) is 0.219. The molecule has 2 aromatic heterocycles. The van der Waals surface area contributed by atoms with Crippen molar-refractivity contribution in [1.82, 2.24) is 19.7 Å². The fraction of sp³-hybridized carbons (Fsp3) is 0.333. The van der Waals surface area contributed by atoms with Gasteiger partial charge in [-0.3, -0.25) is 14.9 Å². The van der Waals surface area contributed by atoms with Gasteiger partial charge in [0.15, 0.2) is 0 Å². The van der Waals surface area contributed by atoms with Gasteiger partial charge in [0.05, 0.1) is 16.9 Å². The van der Waals surface area contributed by atoms with Gasteiger partial charge in [-0.15, -0.1) is 0 Å². The number of H-pyrrole nitrogens is 1. The molecule has 4 heterocycles. The predicted octanol–water partition coefficient (Wildman–Crippen LogP) is 7.80. The van der Waals surface area contributed by atoms with Crippen molar-refractivity contribution < 1.29 is 14.4 Å². The van der Waals surface area contributed by atoms with Gasteiger partial charge in [-0.05, 0) is 80.8 Å². The Kier molecular flexibility index (Phi) is 8.15. The number of aryl methyl sites for hydroxylation is 1. The largest absolute Gasteiger partial charge is 0.360 e. The highest BCUT2D eigenvalue weighted by Crippen LogP contribution is 2.40. The number of rotatable bonds is 7. The molecule has 2 fully saturated rings. The van der Waals surface area contributed by atoms with Crippen molar-refractivity contribution in [2.75, 3.05) is 10.6 Å². The first kappa shape index (κ1) is 31.4. The molecule has 9 nitrogen and oxygen atoms in total. The van der Waals surface area contributed by atoms with Crippen LogP contribution in [-0.2, 0) is 16.6 Å². The molecule has 2 bridgehead atoms. The van der Waals surface area contributed by atoms with Crippen LogP contribution in [-0.4, -0.2) is 49.5 Å². The number of anilines is 2. The van der Waals surface area contributed by atoms with Gasteiger partial charge < -0.3 is 15.2 Å². The van der Waals surface area contributed by atoms with Gasteiger partial charge in [0, 0.05) is 46.4 Å². The number of nitrogens with zero attached hydrogens (tertiary/aromatic N) is 3. The van der Waals surface area contributed by atoms with E-state index >= 15 is 0 Å². The van der Waals surface area contributed by atoms with Gasteiger partial charge >= 0.3 is 6.03 Å². The molecule has 2 atom stereocenters. The number of hydrogen-bond acceptors (Lipinski definition) is 4. The third kappa shape index (κ3) is 6.24. The van der Waals surface area contributed by atoms with Crippen molar-refractivity contribution in [3.05, 3.63) is 107 Å². The topological polar surface area (TPSA) is 112 Å². The predicted molar refractivity (Wildman–Crippen MR) is 189 cm³/mol. The number of carbonyl (C=O) groups is 3. The Morgan fingerprint density at radius 1 is 0.896 bits per heavy atom. The minimum Gasteiger partial charge on any atom is -0.360 e. The first-order valence-corrected chi connectivity index (χ1v) is 16.8. The summed E-state index contributed by atoms with van der Waals surface area (Å²) in [5, 5.41) is 11.5. The van der Waals surface area contributed by atoms with E-state index in [2.05, 4.69) is 48.5 Å². The lowest BCUT2D eigenvalue weighted by Crippen LogP contribution is -2.49. The molecule has 0 spiro atoms. The lowest BCUT2D eigenvalue weighted by molar-refractivity contribution is -0.131. The van der Waals surface area contributed by atoms with Crippen LogP contribution in [0.3, 0.4) is 0 Å². The van der Waals surface area contributed by atoms with Crippen molar-refractivity contribution in [3.8, 4) is 5.69 Å². The number of aromatic amines is 1. The highest BCUT2D eigenvalue weighted by Gasteiger charge is 2.45. The molecule has 7 rings (SSSR count).